The molecule has 0 aliphatic heterocycles. The molecule has 0 saturated carbocycles. The van der Waals surface area contributed by atoms with Gasteiger partial charge in [0.05, 0.1) is 6.04 Å². The zero-order valence-electron chi connectivity index (χ0n) is 13.6. The number of likely N-dealkylation sites (N-methyl/N-ethyl adjacent to an activating group) is 1. The molecule has 0 aromatic heterocycles. The van der Waals surface area contributed by atoms with Crippen LogP contribution in [0.5, 0.6) is 0 Å². The highest BCUT2D eigenvalue weighted by Gasteiger charge is 2.21. The highest BCUT2D eigenvalue weighted by Crippen LogP contribution is 2.20. The van der Waals surface area contributed by atoms with E-state index in [1.165, 1.54) is 12.1 Å². The average molecular weight is 320 g/mol. The van der Waals surface area contributed by atoms with Crippen LogP contribution in [-0.2, 0) is 6.42 Å². The lowest BCUT2D eigenvalue weighted by atomic mass is 10.0. The van der Waals surface area contributed by atoms with Crippen molar-refractivity contribution in [2.75, 3.05) is 11.9 Å². The molecular weight excluding hydrogens is 298 g/mol. The van der Waals surface area contributed by atoms with Crippen molar-refractivity contribution < 1.29 is 13.9 Å². The van der Waals surface area contributed by atoms with Gasteiger partial charge in [-0.05, 0) is 61.2 Å². The van der Waals surface area contributed by atoms with Crippen LogP contribution >= 0.6 is 0 Å². The van der Waals surface area contributed by atoms with Crippen molar-refractivity contribution >= 4 is 5.69 Å². The van der Waals surface area contributed by atoms with Gasteiger partial charge in [0, 0.05) is 18.8 Å². The van der Waals surface area contributed by atoms with Gasteiger partial charge in [-0.25, -0.2) is 8.78 Å². The van der Waals surface area contributed by atoms with E-state index in [9.17, 15) is 13.9 Å². The minimum absolute atomic E-state index is 0.172. The standard InChI is InChI=1S/C18H22F2N2O/c1-11-4-5-16(6-12(11)2)22(3)18(23)17(21)9-13-7-14(19)10-15(20)8-13/h4-8,10,17-18,23H,9,21H2,1-3H3/t17-,18?/m0/s1. The summed E-state index contributed by atoms with van der Waals surface area (Å²) >= 11 is 0. The Balaban J connectivity index is 2.11. The molecule has 0 fully saturated rings. The Morgan fingerprint density at radius 1 is 1.04 bits per heavy atom. The molecule has 0 amide bonds. The van der Waals surface area contributed by atoms with Crippen molar-refractivity contribution in [1.29, 1.82) is 0 Å². The zero-order chi connectivity index (χ0) is 17.1. The van der Waals surface area contributed by atoms with E-state index in [1.54, 1.807) is 11.9 Å². The monoisotopic (exact) mass is 320 g/mol. The first kappa shape index (κ1) is 17.4. The van der Waals surface area contributed by atoms with Crippen LogP contribution in [0.4, 0.5) is 14.5 Å². The highest BCUT2D eigenvalue weighted by atomic mass is 19.1. The lowest BCUT2D eigenvalue weighted by Crippen LogP contribution is -2.47. The number of halogens is 2. The van der Waals surface area contributed by atoms with E-state index in [0.29, 0.717) is 5.56 Å². The molecule has 0 aliphatic rings. The van der Waals surface area contributed by atoms with E-state index in [0.717, 1.165) is 22.9 Å². The van der Waals surface area contributed by atoms with Crippen LogP contribution in [0.15, 0.2) is 36.4 Å². The minimum atomic E-state index is -0.969. The summed E-state index contributed by atoms with van der Waals surface area (Å²) in [4.78, 5) is 1.66. The molecule has 124 valence electrons. The van der Waals surface area contributed by atoms with Crippen LogP contribution < -0.4 is 10.6 Å². The molecule has 1 unspecified atom stereocenters. The van der Waals surface area contributed by atoms with Crippen LogP contribution in [0.3, 0.4) is 0 Å². The average Bonchev–Trinajstić information content (AvgIpc) is 2.47. The first-order valence-electron chi connectivity index (χ1n) is 7.46. The van der Waals surface area contributed by atoms with Crippen LogP contribution in [-0.4, -0.2) is 24.4 Å². The quantitative estimate of drug-likeness (QED) is 0.833. The Bertz CT molecular complexity index is 670. The predicted molar refractivity (Wildman–Crippen MR) is 88.4 cm³/mol. The van der Waals surface area contributed by atoms with Gasteiger partial charge in [-0.1, -0.05) is 6.07 Å². The number of hydrogen-bond acceptors (Lipinski definition) is 3. The second kappa shape index (κ2) is 7.06. The van der Waals surface area contributed by atoms with Gasteiger partial charge in [0.2, 0.25) is 0 Å². The van der Waals surface area contributed by atoms with Gasteiger partial charge in [0.1, 0.15) is 17.9 Å². The SMILES string of the molecule is Cc1ccc(N(C)C(O)[C@@H](N)Cc2cc(F)cc(F)c2)cc1C. The summed E-state index contributed by atoms with van der Waals surface area (Å²) in [7, 11) is 1.74. The second-order valence-corrected chi connectivity index (χ2v) is 5.94. The summed E-state index contributed by atoms with van der Waals surface area (Å²) in [5.74, 6) is -1.30. The van der Waals surface area contributed by atoms with E-state index in [-0.39, 0.29) is 6.42 Å². The number of aryl methyl sites for hydroxylation is 2. The summed E-state index contributed by atoms with van der Waals surface area (Å²) in [6.07, 6.45) is -0.797. The van der Waals surface area contributed by atoms with Gasteiger partial charge >= 0.3 is 0 Å². The molecule has 2 aromatic rings. The van der Waals surface area contributed by atoms with Crippen molar-refractivity contribution in [1.82, 2.24) is 0 Å². The largest absolute Gasteiger partial charge is 0.372 e. The van der Waals surface area contributed by atoms with Gasteiger partial charge in [0.25, 0.3) is 0 Å². The van der Waals surface area contributed by atoms with E-state index >= 15 is 0 Å². The number of hydrogen-bond donors (Lipinski definition) is 2. The predicted octanol–water partition coefficient (Wildman–Crippen LogP) is 2.91. The molecule has 0 saturated heterocycles. The normalized spacial score (nSPS) is 13.7. The van der Waals surface area contributed by atoms with Crippen molar-refractivity contribution in [3.63, 3.8) is 0 Å². The summed E-state index contributed by atoms with van der Waals surface area (Å²) in [5, 5.41) is 10.4. The molecule has 2 atom stereocenters. The van der Waals surface area contributed by atoms with Gasteiger partial charge in [-0.2, -0.15) is 0 Å². The summed E-state index contributed by atoms with van der Waals surface area (Å²) in [6.45, 7) is 4.01. The van der Waals surface area contributed by atoms with Crippen molar-refractivity contribution in [3.05, 3.63) is 64.7 Å². The fourth-order valence-electron chi connectivity index (χ4n) is 2.49. The molecule has 0 aliphatic carbocycles. The zero-order valence-corrected chi connectivity index (χ0v) is 13.6. The molecule has 0 bridgehead atoms. The Morgan fingerprint density at radius 3 is 2.22 bits per heavy atom. The van der Waals surface area contributed by atoms with Crippen LogP contribution in [0, 0.1) is 25.5 Å². The topological polar surface area (TPSA) is 49.5 Å². The second-order valence-electron chi connectivity index (χ2n) is 5.94. The maximum absolute atomic E-state index is 13.2. The molecule has 0 heterocycles. The van der Waals surface area contributed by atoms with E-state index in [2.05, 4.69) is 0 Å². The molecule has 3 nitrogen and oxygen atoms in total. The van der Waals surface area contributed by atoms with Crippen LogP contribution in [0.25, 0.3) is 0 Å². The van der Waals surface area contributed by atoms with E-state index < -0.39 is 23.9 Å². The molecule has 3 N–H and O–H groups in total. The molecule has 2 rings (SSSR count). The van der Waals surface area contributed by atoms with E-state index in [4.69, 9.17) is 5.73 Å². The molecular formula is C18H22F2N2O. The fraction of sp³-hybridized carbons (Fsp3) is 0.333. The van der Waals surface area contributed by atoms with Gasteiger partial charge < -0.3 is 15.7 Å². The Kier molecular flexibility index (Phi) is 5.34. The fourth-order valence-corrected chi connectivity index (χ4v) is 2.49. The van der Waals surface area contributed by atoms with Crippen molar-refractivity contribution in [2.24, 2.45) is 5.73 Å². The first-order valence-corrected chi connectivity index (χ1v) is 7.46. The van der Waals surface area contributed by atoms with Gasteiger partial charge in [-0.15, -0.1) is 0 Å². The Labute approximate surface area is 135 Å². The third-order valence-corrected chi connectivity index (χ3v) is 4.07. The first-order chi connectivity index (χ1) is 10.8. The number of rotatable bonds is 5. The number of anilines is 1. The third-order valence-electron chi connectivity index (χ3n) is 4.07. The number of aliphatic hydroxyl groups excluding tert-OH is 1. The van der Waals surface area contributed by atoms with Crippen molar-refractivity contribution in [2.45, 2.75) is 32.5 Å². The van der Waals surface area contributed by atoms with Gasteiger partial charge in [-0.3, -0.25) is 0 Å². The van der Waals surface area contributed by atoms with Crippen LogP contribution in [0.2, 0.25) is 0 Å². The summed E-state index contributed by atoms with van der Waals surface area (Å²) < 4.78 is 26.5. The molecule has 0 spiro atoms. The summed E-state index contributed by atoms with van der Waals surface area (Å²) in [6, 6.07) is 8.43. The summed E-state index contributed by atoms with van der Waals surface area (Å²) in [5.41, 5.74) is 9.55. The number of nitrogens with zero attached hydrogens (tertiary/aromatic N) is 1. The third kappa shape index (κ3) is 4.27. The van der Waals surface area contributed by atoms with E-state index in [1.807, 2.05) is 32.0 Å². The molecule has 5 heteroatoms. The maximum Gasteiger partial charge on any atom is 0.142 e. The number of benzene rings is 2. The van der Waals surface area contributed by atoms with Gasteiger partial charge in [0.15, 0.2) is 0 Å². The number of aliphatic hydroxyl groups is 1. The van der Waals surface area contributed by atoms with Crippen molar-refractivity contribution in [3.8, 4) is 0 Å². The number of nitrogens with two attached hydrogens (primary N) is 1. The van der Waals surface area contributed by atoms with Crippen LogP contribution in [0.1, 0.15) is 16.7 Å². The molecule has 23 heavy (non-hydrogen) atoms. The Hall–Kier alpha value is -1.98. The highest BCUT2D eigenvalue weighted by molar-refractivity contribution is 5.50. The lowest BCUT2D eigenvalue weighted by Gasteiger charge is -2.30. The smallest absolute Gasteiger partial charge is 0.142 e. The minimum Gasteiger partial charge on any atom is -0.372 e. The Morgan fingerprint density at radius 2 is 1.65 bits per heavy atom. The molecule has 0 radical (unpaired) electrons. The maximum atomic E-state index is 13.2. The lowest BCUT2D eigenvalue weighted by molar-refractivity contribution is 0.144. The molecule has 2 aromatic carbocycles.